The number of fused-ring (bicyclic) bond motifs is 1. The monoisotopic (exact) mass is 469 g/mol. The van der Waals surface area contributed by atoms with Gasteiger partial charge in [0.25, 0.3) is 0 Å². The van der Waals surface area contributed by atoms with E-state index in [2.05, 4.69) is 29.3 Å². The molecule has 8 nitrogen and oxygen atoms in total. The molecule has 1 aromatic carbocycles. The first-order chi connectivity index (χ1) is 15.9. The molecule has 1 aromatic heterocycles. The highest BCUT2D eigenvalue weighted by Crippen LogP contribution is 2.40. The van der Waals surface area contributed by atoms with Crippen LogP contribution in [0.3, 0.4) is 0 Å². The van der Waals surface area contributed by atoms with Crippen molar-refractivity contribution in [1.82, 2.24) is 5.43 Å². The van der Waals surface area contributed by atoms with Gasteiger partial charge in [-0.25, -0.2) is 10.2 Å². The van der Waals surface area contributed by atoms with Gasteiger partial charge in [0, 0.05) is 4.88 Å². The lowest BCUT2D eigenvalue weighted by Crippen LogP contribution is -2.32. The molecule has 2 aromatic rings. The molecule has 3 rings (SSSR count). The quantitative estimate of drug-likeness (QED) is 0.202. The van der Waals surface area contributed by atoms with E-state index in [0.717, 1.165) is 29.7 Å². The van der Waals surface area contributed by atoms with E-state index < -0.39 is 17.8 Å². The van der Waals surface area contributed by atoms with Gasteiger partial charge in [-0.2, -0.15) is 5.10 Å². The average molecular weight is 470 g/mol. The maximum Gasteiger partial charge on any atom is 0.341 e. The molecule has 1 atom stereocenters. The number of carbonyl (C=O) groups excluding carboxylic acids is 3. The van der Waals surface area contributed by atoms with Gasteiger partial charge in [-0.3, -0.25) is 9.59 Å². The molecule has 0 spiro atoms. The standard InChI is InChI=1S/C24H27N3O5S/c1-4-11-32-17-8-6-7-16(13-17)14-25-27-22(29)21(28)26-23-20(24(30)31-5-2)18-10-9-15(3)12-19(18)33-23/h4,6-8,13-15H,1,5,9-12H2,2-3H3,(H,26,28)(H,27,29). The molecule has 0 aliphatic heterocycles. The number of esters is 1. The van der Waals surface area contributed by atoms with Crippen molar-refractivity contribution in [3.63, 3.8) is 0 Å². The molecule has 0 bridgehead atoms. The number of nitrogens with one attached hydrogen (secondary N) is 2. The molecule has 2 N–H and O–H groups in total. The molecule has 0 saturated heterocycles. The second-order valence-electron chi connectivity index (χ2n) is 7.60. The summed E-state index contributed by atoms with van der Waals surface area (Å²) in [6.07, 6.45) is 5.56. The molecule has 1 aliphatic carbocycles. The number of thiophene rings is 1. The van der Waals surface area contributed by atoms with E-state index in [0.29, 0.717) is 34.4 Å². The van der Waals surface area contributed by atoms with E-state index in [1.165, 1.54) is 17.6 Å². The average Bonchev–Trinajstić information content (AvgIpc) is 3.14. The fourth-order valence-electron chi connectivity index (χ4n) is 3.47. The summed E-state index contributed by atoms with van der Waals surface area (Å²) in [6.45, 7) is 8.07. The highest BCUT2D eigenvalue weighted by Gasteiger charge is 2.30. The Morgan fingerprint density at radius 1 is 1.30 bits per heavy atom. The van der Waals surface area contributed by atoms with Gasteiger partial charge in [-0.05, 0) is 55.4 Å². The van der Waals surface area contributed by atoms with Crippen LogP contribution in [0.5, 0.6) is 5.75 Å². The van der Waals surface area contributed by atoms with Crippen LogP contribution in [-0.4, -0.2) is 37.2 Å². The number of hydrogen-bond donors (Lipinski definition) is 2. The van der Waals surface area contributed by atoms with Gasteiger partial charge in [0.2, 0.25) is 0 Å². The summed E-state index contributed by atoms with van der Waals surface area (Å²) in [5.74, 6) is -1.22. The van der Waals surface area contributed by atoms with Crippen LogP contribution in [0.2, 0.25) is 0 Å². The van der Waals surface area contributed by atoms with Crippen molar-refractivity contribution >= 4 is 40.3 Å². The Morgan fingerprint density at radius 2 is 2.12 bits per heavy atom. The van der Waals surface area contributed by atoms with Crippen LogP contribution < -0.4 is 15.5 Å². The number of hydrazone groups is 1. The summed E-state index contributed by atoms with van der Waals surface area (Å²) in [4.78, 5) is 38.3. The highest BCUT2D eigenvalue weighted by molar-refractivity contribution is 7.17. The lowest BCUT2D eigenvalue weighted by atomic mass is 9.88. The fourth-order valence-corrected chi connectivity index (χ4v) is 4.87. The van der Waals surface area contributed by atoms with E-state index in [1.807, 2.05) is 0 Å². The number of amides is 2. The van der Waals surface area contributed by atoms with Crippen LogP contribution in [0, 0.1) is 5.92 Å². The Kier molecular flexibility index (Phi) is 8.37. The molecule has 174 valence electrons. The van der Waals surface area contributed by atoms with Crippen molar-refractivity contribution in [3.8, 4) is 5.75 Å². The Balaban J connectivity index is 1.67. The number of rotatable bonds is 8. The van der Waals surface area contributed by atoms with Crippen LogP contribution in [-0.2, 0) is 27.2 Å². The minimum absolute atomic E-state index is 0.224. The Bertz CT molecular complexity index is 1080. The zero-order valence-corrected chi connectivity index (χ0v) is 19.5. The van der Waals surface area contributed by atoms with Crippen molar-refractivity contribution in [2.45, 2.75) is 33.1 Å². The minimum Gasteiger partial charge on any atom is -0.490 e. The predicted molar refractivity (Wildman–Crippen MR) is 128 cm³/mol. The molecule has 1 unspecified atom stereocenters. The SMILES string of the molecule is C=CCOc1cccc(C=NNC(=O)C(=O)Nc2sc3c(c2C(=O)OCC)CCC(C)C3)c1. The molecule has 2 amide bonds. The highest BCUT2D eigenvalue weighted by atomic mass is 32.1. The maximum atomic E-state index is 12.5. The minimum atomic E-state index is -0.945. The zero-order chi connectivity index (χ0) is 23.8. The van der Waals surface area contributed by atoms with Gasteiger partial charge in [0.1, 0.15) is 17.4 Å². The summed E-state index contributed by atoms with van der Waals surface area (Å²) < 4.78 is 10.6. The summed E-state index contributed by atoms with van der Waals surface area (Å²) >= 11 is 1.32. The fraction of sp³-hybridized carbons (Fsp3) is 0.333. The maximum absolute atomic E-state index is 12.5. The Morgan fingerprint density at radius 3 is 2.88 bits per heavy atom. The lowest BCUT2D eigenvalue weighted by molar-refractivity contribution is -0.136. The van der Waals surface area contributed by atoms with Crippen LogP contribution in [0.25, 0.3) is 0 Å². The van der Waals surface area contributed by atoms with Gasteiger partial charge >= 0.3 is 17.8 Å². The largest absolute Gasteiger partial charge is 0.490 e. The molecular formula is C24H27N3O5S. The first-order valence-electron chi connectivity index (χ1n) is 10.7. The number of benzene rings is 1. The van der Waals surface area contributed by atoms with Crippen LogP contribution in [0.1, 0.15) is 46.6 Å². The van der Waals surface area contributed by atoms with Gasteiger partial charge in [0.15, 0.2) is 0 Å². The summed E-state index contributed by atoms with van der Waals surface area (Å²) in [6, 6.07) is 7.08. The van der Waals surface area contributed by atoms with Crippen LogP contribution in [0.15, 0.2) is 42.0 Å². The van der Waals surface area contributed by atoms with Crippen molar-refractivity contribution in [2.75, 3.05) is 18.5 Å². The third-order valence-electron chi connectivity index (χ3n) is 5.03. The van der Waals surface area contributed by atoms with Crippen molar-refractivity contribution < 1.29 is 23.9 Å². The molecule has 33 heavy (non-hydrogen) atoms. The van der Waals surface area contributed by atoms with Crippen molar-refractivity contribution in [1.29, 1.82) is 0 Å². The third-order valence-corrected chi connectivity index (χ3v) is 6.20. The van der Waals surface area contributed by atoms with E-state index in [-0.39, 0.29) is 6.61 Å². The molecule has 0 radical (unpaired) electrons. The van der Waals surface area contributed by atoms with E-state index in [9.17, 15) is 14.4 Å². The third kappa shape index (κ3) is 6.29. The Hall–Kier alpha value is -3.46. The molecule has 9 heteroatoms. The Labute approximate surface area is 196 Å². The van der Waals surface area contributed by atoms with Gasteiger partial charge in [-0.15, -0.1) is 11.3 Å². The van der Waals surface area contributed by atoms with E-state index in [4.69, 9.17) is 9.47 Å². The normalized spacial score (nSPS) is 14.9. The molecule has 0 fully saturated rings. The number of ether oxygens (including phenoxy) is 2. The predicted octanol–water partition coefficient (Wildman–Crippen LogP) is 3.70. The number of anilines is 1. The van der Waals surface area contributed by atoms with Crippen LogP contribution >= 0.6 is 11.3 Å². The second-order valence-corrected chi connectivity index (χ2v) is 8.71. The summed E-state index contributed by atoms with van der Waals surface area (Å²) in [5, 5.41) is 6.74. The molecule has 1 heterocycles. The molecular weight excluding hydrogens is 442 g/mol. The first kappa shape index (κ1) is 24.2. The van der Waals surface area contributed by atoms with E-state index >= 15 is 0 Å². The van der Waals surface area contributed by atoms with Crippen molar-refractivity contribution in [3.05, 3.63) is 58.5 Å². The van der Waals surface area contributed by atoms with Crippen molar-refractivity contribution in [2.24, 2.45) is 11.0 Å². The molecule has 1 aliphatic rings. The number of nitrogens with zero attached hydrogens (tertiary/aromatic N) is 1. The van der Waals surface area contributed by atoms with E-state index in [1.54, 1.807) is 37.3 Å². The van der Waals surface area contributed by atoms with Crippen LogP contribution in [0.4, 0.5) is 5.00 Å². The number of hydrogen-bond acceptors (Lipinski definition) is 7. The zero-order valence-electron chi connectivity index (χ0n) is 18.7. The van der Waals surface area contributed by atoms with Gasteiger partial charge in [0.05, 0.1) is 18.4 Å². The lowest BCUT2D eigenvalue weighted by Gasteiger charge is -2.18. The summed E-state index contributed by atoms with van der Waals surface area (Å²) in [7, 11) is 0. The number of carbonyl (C=O) groups is 3. The second kappa shape index (κ2) is 11.4. The smallest absolute Gasteiger partial charge is 0.341 e. The topological polar surface area (TPSA) is 106 Å². The molecule has 0 saturated carbocycles. The van der Waals surface area contributed by atoms with Gasteiger partial charge in [-0.1, -0.05) is 31.7 Å². The van der Waals surface area contributed by atoms with Gasteiger partial charge < -0.3 is 14.8 Å². The summed E-state index contributed by atoms with van der Waals surface area (Å²) in [5.41, 5.74) is 4.15. The first-order valence-corrected chi connectivity index (χ1v) is 11.5.